The molecule has 0 unspecified atom stereocenters. The van der Waals surface area contributed by atoms with Gasteiger partial charge in [0.15, 0.2) is 0 Å². The SMILES string of the molecule is CCCCCCc1cc2c(-c3ccc(C(C)(C)C)cc3)ccc(-c3ccc(C(C)(C)C)cc3)c2[cH-]1.CCCCCCc1cc2c(-c3ccc(C(C)(C)C)cc3)ccc(-c3ccc(C(C)(C)C)cc3)c2[cH-]1.[CH3-].[CH3-].[Si]=[Zr]. The fourth-order valence-corrected chi connectivity index (χ4v) is 10.1. The summed E-state index contributed by atoms with van der Waals surface area (Å²) in [6.07, 6.45) is 12.7. The van der Waals surface area contributed by atoms with Crippen molar-refractivity contribution in [2.45, 2.75) is 183 Å². The Hall–Kier alpha value is -4.36. The Kier molecular flexibility index (Phi) is 22.8. The van der Waals surface area contributed by atoms with Crippen LogP contribution in [0.4, 0.5) is 0 Å². The number of hydrogen-bond donors (Lipinski definition) is 0. The van der Waals surface area contributed by atoms with Gasteiger partial charge in [0.05, 0.1) is 0 Å². The minimum absolute atomic E-state index is 0. The molecule has 8 aromatic carbocycles. The second-order valence-electron chi connectivity index (χ2n) is 24.6. The summed E-state index contributed by atoms with van der Waals surface area (Å²) in [5, 5.41) is 5.54. The fraction of sp³-hybridized carbons (Fsp3) is 0.389. The van der Waals surface area contributed by atoms with Crippen LogP contribution in [0.1, 0.15) is 182 Å². The van der Waals surface area contributed by atoms with E-state index in [1.54, 1.807) is 0 Å². The third-order valence-corrected chi connectivity index (χ3v) is 14.8. The number of aryl methyl sites for hydroxylation is 2. The molecular weight excluding hydrogens is 984 g/mol. The summed E-state index contributed by atoms with van der Waals surface area (Å²) < 4.78 is 0. The van der Waals surface area contributed by atoms with Crippen LogP contribution < -0.4 is 0 Å². The Bertz CT molecular complexity index is 2550. The molecule has 0 fully saturated rings. The first kappa shape index (κ1) is 62.2. The van der Waals surface area contributed by atoms with Crippen molar-refractivity contribution in [1.29, 1.82) is 0 Å². The molecule has 0 saturated carbocycles. The van der Waals surface area contributed by atoms with Gasteiger partial charge in [0, 0.05) is 0 Å². The van der Waals surface area contributed by atoms with Gasteiger partial charge in [-0.15, -0.1) is 44.8 Å². The van der Waals surface area contributed by atoms with E-state index in [9.17, 15) is 0 Å². The molecule has 0 aliphatic carbocycles. The Morgan fingerprint density at radius 2 is 0.581 bits per heavy atom. The van der Waals surface area contributed by atoms with E-state index in [0.29, 0.717) is 0 Å². The molecule has 74 heavy (non-hydrogen) atoms. The predicted octanol–water partition coefficient (Wildman–Crippen LogP) is 21.7. The van der Waals surface area contributed by atoms with Gasteiger partial charge in [-0.25, -0.2) is 0 Å². The summed E-state index contributed by atoms with van der Waals surface area (Å²) in [5.41, 5.74) is 19.8. The second kappa shape index (κ2) is 27.1. The van der Waals surface area contributed by atoms with Gasteiger partial charge in [-0.3, -0.25) is 0 Å². The van der Waals surface area contributed by atoms with Crippen molar-refractivity contribution in [3.63, 3.8) is 0 Å². The Balaban J connectivity index is 0.000000302. The molecule has 0 spiro atoms. The minimum atomic E-state index is 0. The zero-order valence-corrected chi connectivity index (χ0v) is 52.4. The quantitative estimate of drug-likeness (QED) is 0.0578. The van der Waals surface area contributed by atoms with Gasteiger partial charge < -0.3 is 14.9 Å². The Labute approximate surface area is 469 Å². The topological polar surface area (TPSA) is 0 Å². The summed E-state index contributed by atoms with van der Waals surface area (Å²) in [7, 11) is 0. The van der Waals surface area contributed by atoms with Crippen LogP contribution in [0.5, 0.6) is 0 Å². The van der Waals surface area contributed by atoms with E-state index in [4.69, 9.17) is 0 Å². The molecular formula is C72H92SiZr-4. The number of hydrogen-bond acceptors (Lipinski definition) is 0. The average Bonchev–Trinajstić information content (AvgIpc) is 3.99. The van der Waals surface area contributed by atoms with Crippen LogP contribution in [0.3, 0.4) is 0 Å². The molecule has 0 aliphatic heterocycles. The number of benzene rings is 6. The molecule has 0 amide bonds. The number of rotatable bonds is 14. The maximum absolute atomic E-state index is 3.06. The van der Waals surface area contributed by atoms with E-state index in [0.717, 1.165) is 0 Å². The maximum atomic E-state index is 3.06. The van der Waals surface area contributed by atoms with Crippen LogP contribution in [0.2, 0.25) is 0 Å². The molecule has 0 nitrogen and oxygen atoms in total. The van der Waals surface area contributed by atoms with Crippen molar-refractivity contribution in [1.82, 2.24) is 0 Å². The second-order valence-corrected chi connectivity index (χ2v) is 24.6. The summed E-state index contributed by atoms with van der Waals surface area (Å²) >= 11 is 1.36. The van der Waals surface area contributed by atoms with Crippen LogP contribution in [0.15, 0.2) is 146 Å². The normalized spacial score (nSPS) is 11.8. The molecule has 0 atom stereocenters. The first-order chi connectivity index (χ1) is 34.1. The third kappa shape index (κ3) is 15.9. The standard InChI is InChI=1S/2C35H43.2CH3.Si.Zr/c2*1-8-9-10-11-12-25-23-32-30(26-13-17-28(18-14-26)34(2,3)4)21-22-31(33(32)24-25)27-15-19-29(20-16-27)35(5,6)7;;;;/h2*13-24H,8-12H2,1-7H3;2*1H3;;/q4*-1;;. The molecule has 0 saturated heterocycles. The van der Waals surface area contributed by atoms with Gasteiger partial charge in [-0.2, -0.15) is 12.1 Å². The van der Waals surface area contributed by atoms with E-state index in [2.05, 4.69) is 249 Å². The zero-order valence-electron chi connectivity index (χ0n) is 48.9. The summed E-state index contributed by atoms with van der Waals surface area (Å²) in [4.78, 5) is 0. The van der Waals surface area contributed by atoms with E-state index < -0.39 is 0 Å². The summed E-state index contributed by atoms with van der Waals surface area (Å²) in [5.74, 6) is 0. The van der Waals surface area contributed by atoms with Crippen LogP contribution in [-0.2, 0) is 57.8 Å². The van der Waals surface area contributed by atoms with Gasteiger partial charge >= 0.3 is 30.2 Å². The molecule has 8 rings (SSSR count). The van der Waals surface area contributed by atoms with Crippen molar-refractivity contribution < 1.29 is 23.3 Å². The van der Waals surface area contributed by atoms with Crippen molar-refractivity contribution in [3.05, 3.63) is 194 Å². The third-order valence-electron chi connectivity index (χ3n) is 14.8. The van der Waals surface area contributed by atoms with Crippen LogP contribution in [0, 0.1) is 14.9 Å². The predicted molar refractivity (Wildman–Crippen MR) is 330 cm³/mol. The number of unbranched alkanes of at least 4 members (excludes halogenated alkanes) is 6. The van der Waals surface area contributed by atoms with Crippen molar-refractivity contribution in [2.24, 2.45) is 0 Å². The van der Waals surface area contributed by atoms with Gasteiger partial charge in [0.1, 0.15) is 0 Å². The Morgan fingerprint density at radius 3 is 0.824 bits per heavy atom. The summed E-state index contributed by atoms with van der Waals surface area (Å²) in [6, 6.07) is 56.0. The van der Waals surface area contributed by atoms with E-state index in [-0.39, 0.29) is 36.5 Å². The molecule has 0 aromatic heterocycles. The monoisotopic (exact) mass is 1070 g/mol. The number of fused-ring (bicyclic) bond motifs is 2. The van der Waals surface area contributed by atoms with Crippen LogP contribution in [0.25, 0.3) is 66.1 Å². The fourth-order valence-electron chi connectivity index (χ4n) is 10.1. The molecule has 0 bridgehead atoms. The van der Waals surface area contributed by atoms with Gasteiger partial charge in [-0.05, 0) is 67.9 Å². The molecule has 0 N–H and O–H groups in total. The molecule has 8 aromatic rings. The molecule has 0 aliphatic rings. The van der Waals surface area contributed by atoms with Crippen molar-refractivity contribution in [2.75, 3.05) is 0 Å². The van der Waals surface area contributed by atoms with Gasteiger partial charge in [0.25, 0.3) is 0 Å². The average molecular weight is 1080 g/mol. The van der Waals surface area contributed by atoms with Crippen LogP contribution in [-0.4, -0.2) is 6.88 Å². The van der Waals surface area contributed by atoms with E-state index in [1.807, 2.05) is 0 Å². The molecule has 0 heterocycles. The van der Waals surface area contributed by atoms with E-state index >= 15 is 0 Å². The Morgan fingerprint density at radius 1 is 0.338 bits per heavy atom. The van der Waals surface area contributed by atoms with Gasteiger partial charge in [-0.1, -0.05) is 303 Å². The van der Waals surface area contributed by atoms with Crippen LogP contribution >= 0.6 is 0 Å². The molecule has 2 radical (unpaired) electrons. The zero-order chi connectivity index (χ0) is 52.4. The van der Waals surface area contributed by atoms with E-state index in [1.165, 1.54) is 187 Å². The van der Waals surface area contributed by atoms with Crippen molar-refractivity contribution in [3.8, 4) is 44.5 Å². The molecule has 392 valence electrons. The summed E-state index contributed by atoms with van der Waals surface area (Å²) in [6.45, 7) is 35.0. The van der Waals surface area contributed by atoms with Gasteiger partial charge in [0.2, 0.25) is 0 Å². The molecule has 2 heteroatoms. The van der Waals surface area contributed by atoms with Crippen molar-refractivity contribution >= 4 is 28.4 Å². The first-order valence-corrected chi connectivity index (χ1v) is 31.5. The first-order valence-electron chi connectivity index (χ1n) is 27.3.